The number of halogens is 1. The maximum atomic E-state index is 12.9. The highest BCUT2D eigenvalue weighted by molar-refractivity contribution is 6.08. The molecule has 3 rings (SSSR count). The van der Waals surface area contributed by atoms with E-state index in [0.717, 1.165) is 0 Å². The number of furan rings is 1. The summed E-state index contributed by atoms with van der Waals surface area (Å²) < 4.78 is 34.4. The molecule has 0 saturated carbocycles. The Morgan fingerprint density at radius 2 is 1.67 bits per heavy atom. The van der Waals surface area contributed by atoms with E-state index in [9.17, 15) is 14.0 Å². The Balaban J connectivity index is 1.73. The molecule has 2 aromatic carbocycles. The molecule has 30 heavy (non-hydrogen) atoms. The van der Waals surface area contributed by atoms with E-state index in [1.54, 1.807) is 6.07 Å². The summed E-state index contributed by atoms with van der Waals surface area (Å²) in [5.74, 6) is 0.497. The predicted octanol–water partition coefficient (Wildman–Crippen LogP) is 4.47. The summed E-state index contributed by atoms with van der Waals surface area (Å²) in [6.07, 6.45) is 0. The molecule has 7 nitrogen and oxygen atoms in total. The van der Waals surface area contributed by atoms with E-state index in [1.165, 1.54) is 63.6 Å². The number of ether oxygens (including phenoxy) is 3. The summed E-state index contributed by atoms with van der Waals surface area (Å²) in [6, 6.07) is 11.7. The monoisotopic (exact) mass is 413 g/mol. The van der Waals surface area contributed by atoms with Crippen molar-refractivity contribution in [1.29, 1.82) is 0 Å². The second kappa shape index (κ2) is 9.13. The van der Waals surface area contributed by atoms with E-state index < -0.39 is 5.91 Å². The zero-order valence-electron chi connectivity index (χ0n) is 16.7. The van der Waals surface area contributed by atoms with Crippen LogP contribution in [0.15, 0.2) is 52.9 Å². The number of carbonyl (C=O) groups is 2. The number of ketones is 1. The molecular weight excluding hydrogens is 393 g/mol. The molecule has 0 bridgehead atoms. The number of carbonyl (C=O) groups excluding carboxylic acids is 2. The molecule has 0 aliphatic carbocycles. The van der Waals surface area contributed by atoms with Crippen LogP contribution in [0.2, 0.25) is 0 Å². The lowest BCUT2D eigenvalue weighted by molar-refractivity contribution is 0.0992. The molecule has 1 N–H and O–H groups in total. The summed E-state index contributed by atoms with van der Waals surface area (Å²) in [7, 11) is 2.91. The molecule has 1 amide bonds. The fourth-order valence-corrected chi connectivity index (χ4v) is 2.72. The van der Waals surface area contributed by atoms with E-state index in [-0.39, 0.29) is 35.2 Å². The highest BCUT2D eigenvalue weighted by Crippen LogP contribution is 2.34. The number of rotatable bonds is 8. The lowest BCUT2D eigenvalue weighted by atomic mass is 10.1. The number of Topliss-reactive ketones (excluding diaryl/α,β-unsaturated/α-hetero) is 1. The van der Waals surface area contributed by atoms with Crippen LogP contribution >= 0.6 is 0 Å². The van der Waals surface area contributed by atoms with Crippen molar-refractivity contribution < 1.29 is 32.6 Å². The first-order chi connectivity index (χ1) is 14.4. The lowest BCUT2D eigenvalue weighted by Crippen LogP contribution is -2.14. The molecule has 156 valence electrons. The topological polar surface area (TPSA) is 87.0 Å². The molecule has 0 fully saturated rings. The van der Waals surface area contributed by atoms with E-state index in [0.29, 0.717) is 23.0 Å². The Morgan fingerprint density at radius 1 is 1.00 bits per heavy atom. The number of hydrogen-bond donors (Lipinski definition) is 1. The molecule has 1 aromatic heterocycles. The Hall–Kier alpha value is -3.81. The van der Waals surface area contributed by atoms with Gasteiger partial charge in [-0.2, -0.15) is 0 Å². The summed E-state index contributed by atoms with van der Waals surface area (Å²) in [5.41, 5.74) is 0.540. The SMILES string of the molecule is COc1cc(NC(=O)c2ccc(COc3ccc(F)cc3)o2)c(C(C)=O)cc1OC. The summed E-state index contributed by atoms with van der Waals surface area (Å²) in [4.78, 5) is 24.6. The minimum Gasteiger partial charge on any atom is -0.493 e. The number of benzene rings is 2. The Bertz CT molecular complexity index is 1060. The molecule has 0 unspecified atom stereocenters. The van der Waals surface area contributed by atoms with Gasteiger partial charge < -0.3 is 23.9 Å². The lowest BCUT2D eigenvalue weighted by Gasteiger charge is -2.13. The highest BCUT2D eigenvalue weighted by Gasteiger charge is 2.18. The second-order valence-electron chi connectivity index (χ2n) is 6.27. The van der Waals surface area contributed by atoms with Crippen LogP contribution in [0.3, 0.4) is 0 Å². The van der Waals surface area contributed by atoms with Crippen molar-refractivity contribution in [3.8, 4) is 17.2 Å². The van der Waals surface area contributed by atoms with Crippen LogP contribution in [0.5, 0.6) is 17.2 Å². The van der Waals surface area contributed by atoms with Gasteiger partial charge in [0.15, 0.2) is 23.0 Å². The first-order valence-electron chi connectivity index (χ1n) is 8.96. The van der Waals surface area contributed by atoms with E-state index >= 15 is 0 Å². The molecule has 3 aromatic rings. The molecule has 0 aliphatic rings. The van der Waals surface area contributed by atoms with Gasteiger partial charge in [-0.05, 0) is 49.4 Å². The van der Waals surface area contributed by atoms with Crippen LogP contribution in [0.25, 0.3) is 0 Å². The van der Waals surface area contributed by atoms with Gasteiger partial charge in [0.05, 0.1) is 19.9 Å². The molecular formula is C22H20FNO6. The molecule has 1 heterocycles. The highest BCUT2D eigenvalue weighted by atomic mass is 19.1. The Morgan fingerprint density at radius 3 is 2.30 bits per heavy atom. The van der Waals surface area contributed by atoms with Gasteiger partial charge in [-0.1, -0.05) is 0 Å². The van der Waals surface area contributed by atoms with Gasteiger partial charge in [0.2, 0.25) is 0 Å². The van der Waals surface area contributed by atoms with Gasteiger partial charge in [0.1, 0.15) is 23.9 Å². The summed E-state index contributed by atoms with van der Waals surface area (Å²) in [6.45, 7) is 1.45. The molecule has 0 radical (unpaired) electrons. The molecule has 0 atom stereocenters. The summed E-state index contributed by atoms with van der Waals surface area (Å²) >= 11 is 0. The van der Waals surface area contributed by atoms with Crippen LogP contribution in [-0.2, 0) is 6.61 Å². The van der Waals surface area contributed by atoms with Crippen molar-refractivity contribution in [2.45, 2.75) is 13.5 Å². The predicted molar refractivity (Wildman–Crippen MR) is 107 cm³/mol. The molecule has 0 aliphatic heterocycles. The normalized spacial score (nSPS) is 10.4. The van der Waals surface area contributed by atoms with Crippen molar-refractivity contribution >= 4 is 17.4 Å². The van der Waals surface area contributed by atoms with Gasteiger partial charge >= 0.3 is 0 Å². The largest absolute Gasteiger partial charge is 0.493 e. The number of anilines is 1. The maximum Gasteiger partial charge on any atom is 0.291 e. The van der Waals surface area contributed by atoms with Crippen molar-refractivity contribution in [2.75, 3.05) is 19.5 Å². The third-order valence-corrected chi connectivity index (χ3v) is 4.23. The second-order valence-corrected chi connectivity index (χ2v) is 6.27. The first kappa shape index (κ1) is 20.9. The summed E-state index contributed by atoms with van der Waals surface area (Å²) in [5, 5.41) is 2.66. The minimum absolute atomic E-state index is 0.0389. The molecule has 8 heteroatoms. The van der Waals surface area contributed by atoms with Gasteiger partial charge in [0.25, 0.3) is 5.91 Å². The number of nitrogens with one attached hydrogen (secondary N) is 1. The van der Waals surface area contributed by atoms with Crippen molar-refractivity contribution in [1.82, 2.24) is 0 Å². The average Bonchev–Trinajstić information content (AvgIpc) is 3.22. The van der Waals surface area contributed by atoms with Crippen LogP contribution < -0.4 is 19.5 Å². The van der Waals surface area contributed by atoms with Gasteiger partial charge in [-0.3, -0.25) is 9.59 Å². The zero-order valence-corrected chi connectivity index (χ0v) is 16.7. The van der Waals surface area contributed by atoms with Crippen LogP contribution in [0.1, 0.15) is 33.6 Å². The van der Waals surface area contributed by atoms with Crippen LogP contribution in [-0.4, -0.2) is 25.9 Å². The van der Waals surface area contributed by atoms with Gasteiger partial charge in [0, 0.05) is 11.6 Å². The third-order valence-electron chi connectivity index (χ3n) is 4.23. The molecule has 0 saturated heterocycles. The van der Waals surface area contributed by atoms with Gasteiger partial charge in [-0.15, -0.1) is 0 Å². The van der Waals surface area contributed by atoms with Crippen molar-refractivity contribution in [2.24, 2.45) is 0 Å². The third kappa shape index (κ3) is 4.78. The fraction of sp³-hybridized carbons (Fsp3) is 0.182. The van der Waals surface area contributed by atoms with Crippen LogP contribution in [0.4, 0.5) is 10.1 Å². The van der Waals surface area contributed by atoms with Crippen LogP contribution in [0, 0.1) is 5.82 Å². The van der Waals surface area contributed by atoms with Crippen molar-refractivity contribution in [3.05, 3.63) is 71.4 Å². The van der Waals surface area contributed by atoms with Crippen molar-refractivity contribution in [3.63, 3.8) is 0 Å². The standard InChI is InChI=1S/C22H20FNO6/c1-13(25)17-10-20(27-2)21(28-3)11-18(17)24-22(26)19-9-8-16(30-19)12-29-15-6-4-14(23)5-7-15/h4-11H,12H2,1-3H3,(H,24,26). The van der Waals surface area contributed by atoms with E-state index in [1.807, 2.05) is 0 Å². The average molecular weight is 413 g/mol. The number of methoxy groups -OCH3 is 2. The quantitative estimate of drug-likeness (QED) is 0.549. The zero-order chi connectivity index (χ0) is 21.7. The van der Waals surface area contributed by atoms with E-state index in [4.69, 9.17) is 18.6 Å². The number of amides is 1. The minimum atomic E-state index is -0.544. The number of hydrogen-bond acceptors (Lipinski definition) is 6. The fourth-order valence-electron chi connectivity index (χ4n) is 2.72. The Labute approximate surface area is 172 Å². The smallest absolute Gasteiger partial charge is 0.291 e. The van der Waals surface area contributed by atoms with E-state index in [2.05, 4.69) is 5.32 Å². The Kier molecular flexibility index (Phi) is 6.36. The van der Waals surface area contributed by atoms with Gasteiger partial charge in [-0.25, -0.2) is 4.39 Å². The molecule has 0 spiro atoms. The maximum absolute atomic E-state index is 12.9. The first-order valence-corrected chi connectivity index (χ1v) is 8.96.